The zero-order valence-corrected chi connectivity index (χ0v) is 11.9. The van der Waals surface area contributed by atoms with Crippen molar-refractivity contribution in [3.63, 3.8) is 0 Å². The third-order valence-electron chi connectivity index (χ3n) is 2.82. The van der Waals surface area contributed by atoms with Gasteiger partial charge < -0.3 is 10.1 Å². The van der Waals surface area contributed by atoms with Gasteiger partial charge in [0.1, 0.15) is 5.82 Å². The van der Waals surface area contributed by atoms with Crippen LogP contribution in [0.2, 0.25) is 5.02 Å². The highest BCUT2D eigenvalue weighted by atomic mass is 35.5. The molecule has 0 atom stereocenters. The normalized spacial score (nSPS) is 10.6. The first-order chi connectivity index (χ1) is 10.6. The molecule has 8 heteroatoms. The summed E-state index contributed by atoms with van der Waals surface area (Å²) in [5, 5.41) is 10.4. The zero-order valence-electron chi connectivity index (χ0n) is 11.2. The number of carbonyl (C=O) groups excluding carboxylic acids is 1. The number of amides is 1. The van der Waals surface area contributed by atoms with E-state index in [1.807, 2.05) is 6.07 Å². The summed E-state index contributed by atoms with van der Waals surface area (Å²) in [4.78, 5) is 11.8. The summed E-state index contributed by atoms with van der Waals surface area (Å²) >= 11 is 5.64. The van der Waals surface area contributed by atoms with Crippen LogP contribution in [-0.2, 0) is 4.79 Å². The number of aromatic nitrogens is 3. The van der Waals surface area contributed by atoms with Crippen LogP contribution in [0.3, 0.4) is 0 Å². The van der Waals surface area contributed by atoms with E-state index < -0.39 is 11.7 Å². The van der Waals surface area contributed by atoms with Gasteiger partial charge in [0.05, 0.1) is 5.69 Å². The van der Waals surface area contributed by atoms with E-state index in [0.29, 0.717) is 5.65 Å². The maximum absolute atomic E-state index is 13.6. The summed E-state index contributed by atoms with van der Waals surface area (Å²) in [7, 11) is 0. The number of rotatable bonds is 4. The summed E-state index contributed by atoms with van der Waals surface area (Å²) in [5.41, 5.74) is 0.630. The summed E-state index contributed by atoms with van der Waals surface area (Å²) in [6.45, 7) is -0.322. The molecule has 1 N–H and O–H groups in total. The maximum Gasteiger partial charge on any atom is 0.322 e. The third kappa shape index (κ3) is 2.99. The first-order valence-electron chi connectivity index (χ1n) is 6.31. The number of anilines is 1. The number of carbonyl (C=O) groups is 1. The Morgan fingerprint density at radius 3 is 3.00 bits per heavy atom. The number of pyridine rings is 1. The van der Waals surface area contributed by atoms with Crippen molar-refractivity contribution in [2.45, 2.75) is 0 Å². The van der Waals surface area contributed by atoms with Crippen LogP contribution in [0.25, 0.3) is 5.65 Å². The third-order valence-corrected chi connectivity index (χ3v) is 3.06. The average molecular weight is 321 g/mol. The topological polar surface area (TPSA) is 68.5 Å². The lowest BCUT2D eigenvalue weighted by Gasteiger charge is -2.07. The van der Waals surface area contributed by atoms with Gasteiger partial charge in [-0.15, -0.1) is 5.10 Å². The molecule has 0 saturated carbocycles. The Kier molecular flexibility index (Phi) is 3.88. The number of nitrogens with one attached hydrogen (secondary N) is 1. The molecule has 3 rings (SSSR count). The highest BCUT2D eigenvalue weighted by Gasteiger charge is 2.11. The molecular formula is C14H10ClFN4O2. The van der Waals surface area contributed by atoms with Gasteiger partial charge in [-0.3, -0.25) is 9.20 Å². The molecule has 112 valence electrons. The number of benzene rings is 1. The van der Waals surface area contributed by atoms with Crippen LogP contribution in [0, 0.1) is 5.82 Å². The Hall–Kier alpha value is -2.67. The quantitative estimate of drug-likeness (QED) is 0.802. The first-order valence-corrected chi connectivity index (χ1v) is 6.69. The van der Waals surface area contributed by atoms with E-state index in [2.05, 4.69) is 15.5 Å². The van der Waals surface area contributed by atoms with Crippen LogP contribution in [0.15, 0.2) is 42.6 Å². The molecule has 0 fully saturated rings. The van der Waals surface area contributed by atoms with E-state index in [4.69, 9.17) is 16.3 Å². The fourth-order valence-electron chi connectivity index (χ4n) is 1.83. The summed E-state index contributed by atoms with van der Waals surface area (Å²) < 4.78 is 20.4. The van der Waals surface area contributed by atoms with Crippen molar-refractivity contribution in [3.8, 4) is 6.01 Å². The number of halogens is 2. The van der Waals surface area contributed by atoms with Crippen molar-refractivity contribution in [1.82, 2.24) is 14.6 Å². The molecule has 0 aliphatic heterocycles. The molecule has 0 bridgehead atoms. The second kappa shape index (κ2) is 5.98. The molecule has 2 heterocycles. The molecule has 22 heavy (non-hydrogen) atoms. The predicted octanol–water partition coefficient (Wildman–Crippen LogP) is 2.54. The predicted molar refractivity (Wildman–Crippen MR) is 78.5 cm³/mol. The fourth-order valence-corrected chi connectivity index (χ4v) is 1.98. The smallest absolute Gasteiger partial charge is 0.322 e. The molecule has 1 amide bonds. The van der Waals surface area contributed by atoms with Gasteiger partial charge in [0, 0.05) is 11.2 Å². The van der Waals surface area contributed by atoms with Crippen LogP contribution < -0.4 is 10.1 Å². The van der Waals surface area contributed by atoms with E-state index in [-0.39, 0.29) is 23.3 Å². The number of fused-ring (bicyclic) bond motifs is 1. The summed E-state index contributed by atoms with van der Waals surface area (Å²) in [6, 6.07) is 9.50. The Balaban J connectivity index is 1.65. The first kappa shape index (κ1) is 14.3. The van der Waals surface area contributed by atoms with Crippen LogP contribution in [0.5, 0.6) is 6.01 Å². The van der Waals surface area contributed by atoms with Crippen molar-refractivity contribution in [1.29, 1.82) is 0 Å². The second-order valence-electron chi connectivity index (χ2n) is 4.37. The van der Waals surface area contributed by atoms with Gasteiger partial charge in [-0.25, -0.2) is 4.39 Å². The average Bonchev–Trinajstić information content (AvgIpc) is 2.91. The van der Waals surface area contributed by atoms with Gasteiger partial charge in [0.2, 0.25) is 0 Å². The Morgan fingerprint density at radius 2 is 2.18 bits per heavy atom. The van der Waals surface area contributed by atoms with Crippen LogP contribution >= 0.6 is 11.6 Å². The molecule has 0 aliphatic carbocycles. The van der Waals surface area contributed by atoms with Crippen molar-refractivity contribution >= 4 is 28.8 Å². The molecule has 0 saturated heterocycles. The van der Waals surface area contributed by atoms with E-state index >= 15 is 0 Å². The highest BCUT2D eigenvalue weighted by Crippen LogP contribution is 2.18. The van der Waals surface area contributed by atoms with Crippen molar-refractivity contribution < 1.29 is 13.9 Å². The van der Waals surface area contributed by atoms with Crippen LogP contribution in [0.1, 0.15) is 0 Å². The largest absolute Gasteiger partial charge is 0.453 e. The van der Waals surface area contributed by atoms with Gasteiger partial charge >= 0.3 is 6.01 Å². The van der Waals surface area contributed by atoms with E-state index in [1.165, 1.54) is 12.1 Å². The van der Waals surface area contributed by atoms with Crippen molar-refractivity contribution in [2.75, 3.05) is 11.9 Å². The molecule has 3 aromatic rings. The SMILES string of the molecule is O=C(COc1nnc2ccccn12)Nc1ccc(Cl)cc1F. The molecule has 0 unspecified atom stereocenters. The number of ether oxygens (including phenoxy) is 1. The lowest BCUT2D eigenvalue weighted by molar-refractivity contribution is -0.118. The van der Waals surface area contributed by atoms with Crippen LogP contribution in [-0.4, -0.2) is 27.1 Å². The standard InChI is InChI=1S/C14H10ClFN4O2/c15-9-4-5-11(10(16)7-9)17-13(21)8-22-14-19-18-12-3-1-2-6-20(12)14/h1-7H,8H2,(H,17,21). The van der Waals surface area contributed by atoms with E-state index in [9.17, 15) is 9.18 Å². The van der Waals surface area contributed by atoms with Gasteiger partial charge in [-0.05, 0) is 30.3 Å². The summed E-state index contributed by atoms with van der Waals surface area (Å²) in [5.74, 6) is -1.14. The zero-order chi connectivity index (χ0) is 15.5. The van der Waals surface area contributed by atoms with Crippen molar-refractivity contribution in [3.05, 3.63) is 53.4 Å². The van der Waals surface area contributed by atoms with E-state index in [0.717, 1.165) is 6.07 Å². The van der Waals surface area contributed by atoms with E-state index in [1.54, 1.807) is 22.7 Å². The fraction of sp³-hybridized carbons (Fsp3) is 0.0714. The summed E-state index contributed by atoms with van der Waals surface area (Å²) in [6.07, 6.45) is 1.71. The second-order valence-corrected chi connectivity index (χ2v) is 4.81. The Labute approximate surface area is 129 Å². The molecule has 0 spiro atoms. The monoisotopic (exact) mass is 320 g/mol. The minimum absolute atomic E-state index is 0.0316. The molecule has 2 aromatic heterocycles. The number of hydrogen-bond donors (Lipinski definition) is 1. The molecular weight excluding hydrogens is 311 g/mol. The van der Waals surface area contributed by atoms with Gasteiger partial charge in [-0.1, -0.05) is 22.8 Å². The number of nitrogens with zero attached hydrogens (tertiary/aromatic N) is 3. The molecule has 1 aromatic carbocycles. The van der Waals surface area contributed by atoms with Gasteiger partial charge in [0.25, 0.3) is 5.91 Å². The van der Waals surface area contributed by atoms with Gasteiger partial charge in [-0.2, -0.15) is 0 Å². The lowest BCUT2D eigenvalue weighted by Crippen LogP contribution is -2.21. The number of hydrogen-bond acceptors (Lipinski definition) is 4. The Bertz CT molecular complexity index is 837. The Morgan fingerprint density at radius 1 is 1.32 bits per heavy atom. The highest BCUT2D eigenvalue weighted by molar-refractivity contribution is 6.30. The maximum atomic E-state index is 13.6. The minimum Gasteiger partial charge on any atom is -0.453 e. The molecule has 0 aliphatic rings. The van der Waals surface area contributed by atoms with Crippen molar-refractivity contribution in [2.24, 2.45) is 0 Å². The van der Waals surface area contributed by atoms with Crippen LogP contribution in [0.4, 0.5) is 10.1 Å². The minimum atomic E-state index is -0.617. The molecule has 0 radical (unpaired) electrons. The molecule has 6 nitrogen and oxygen atoms in total. The van der Waals surface area contributed by atoms with Gasteiger partial charge in [0.15, 0.2) is 12.3 Å². The lowest BCUT2D eigenvalue weighted by atomic mass is 10.3.